The first-order chi connectivity index (χ1) is 41.9. The van der Waals surface area contributed by atoms with Gasteiger partial charge < -0.3 is 63.9 Å². The van der Waals surface area contributed by atoms with E-state index in [4.69, 9.17) is 11.5 Å². The zero-order valence-corrected chi connectivity index (χ0v) is 48.8. The Kier molecular flexibility index (Phi) is 24.3. The van der Waals surface area contributed by atoms with Gasteiger partial charge in [0.05, 0.1) is 6.04 Å². The Balaban J connectivity index is 1.15. The van der Waals surface area contributed by atoms with Crippen LogP contribution in [0.15, 0.2) is 176 Å². The fraction of sp³-hybridized carbons (Fsp3) is 0.313. The van der Waals surface area contributed by atoms with Crippen molar-refractivity contribution >= 4 is 58.2 Å². The van der Waals surface area contributed by atoms with Crippen LogP contribution >= 0.6 is 0 Å². The smallest absolute Gasteiger partial charge is 0.326 e. The number of carboxylic acids is 1. The van der Waals surface area contributed by atoms with E-state index in [1.54, 1.807) is 105 Å². The van der Waals surface area contributed by atoms with Crippen molar-refractivity contribution in [1.82, 2.24) is 42.2 Å². The van der Waals surface area contributed by atoms with E-state index in [0.717, 1.165) is 22.0 Å². The molecule has 0 saturated heterocycles. The zero-order chi connectivity index (χ0) is 62.2. The Morgan fingerprint density at radius 1 is 0.425 bits per heavy atom. The maximum absolute atomic E-state index is 15.1. The highest BCUT2D eigenvalue weighted by molar-refractivity contribution is 5.98. The Hall–Kier alpha value is -9.66. The fourth-order valence-corrected chi connectivity index (χ4v) is 10.1. The maximum Gasteiger partial charge on any atom is 0.326 e. The summed E-state index contributed by atoms with van der Waals surface area (Å²) in [5, 5.41) is 40.8. The number of carbonyl (C=O) groups excluding carboxylic acids is 7. The molecule has 20 heteroatoms. The topological polar surface area (TPSA) is 329 Å². The van der Waals surface area contributed by atoms with Crippen LogP contribution in [0.5, 0.6) is 5.75 Å². The number of phenols is 1. The molecule has 0 radical (unpaired) electrons. The molecular formula is C67H78N10O10. The van der Waals surface area contributed by atoms with E-state index in [0.29, 0.717) is 35.1 Å². The number of fused-ring (bicyclic) bond motifs is 1. The van der Waals surface area contributed by atoms with E-state index < -0.39 is 102 Å². The average Bonchev–Trinajstić information content (AvgIpc) is 2.53. The van der Waals surface area contributed by atoms with Gasteiger partial charge in [-0.05, 0) is 89.7 Å². The van der Waals surface area contributed by atoms with Crippen LogP contribution in [-0.2, 0) is 76.9 Å². The van der Waals surface area contributed by atoms with Crippen LogP contribution in [0, 0.1) is 5.92 Å². The third-order valence-corrected chi connectivity index (χ3v) is 14.9. The predicted octanol–water partition coefficient (Wildman–Crippen LogP) is 4.22. The van der Waals surface area contributed by atoms with Gasteiger partial charge in [-0.25, -0.2) is 4.79 Å². The van der Waals surface area contributed by atoms with Gasteiger partial charge >= 0.3 is 5.97 Å². The molecule has 20 nitrogen and oxygen atoms in total. The minimum atomic E-state index is -1.44. The van der Waals surface area contributed by atoms with E-state index in [1.165, 1.54) is 12.1 Å². The summed E-state index contributed by atoms with van der Waals surface area (Å²) in [6.45, 7) is 3.71. The van der Waals surface area contributed by atoms with Crippen molar-refractivity contribution in [2.24, 2.45) is 17.4 Å². The van der Waals surface area contributed by atoms with E-state index in [2.05, 4.69) is 42.2 Å². The fourth-order valence-electron chi connectivity index (χ4n) is 10.1. The van der Waals surface area contributed by atoms with Crippen LogP contribution in [0.2, 0.25) is 0 Å². The van der Waals surface area contributed by atoms with Crippen molar-refractivity contribution in [2.75, 3.05) is 6.54 Å². The lowest BCUT2D eigenvalue weighted by atomic mass is 9.99. The number of aromatic hydroxyl groups is 1. The van der Waals surface area contributed by atoms with E-state index in [9.17, 15) is 43.8 Å². The number of aromatic nitrogens is 1. The first-order valence-corrected chi connectivity index (χ1v) is 29.2. The molecule has 0 fully saturated rings. The van der Waals surface area contributed by atoms with Crippen molar-refractivity contribution in [3.63, 3.8) is 0 Å². The third-order valence-electron chi connectivity index (χ3n) is 14.9. The summed E-state index contributed by atoms with van der Waals surface area (Å²) in [7, 11) is 0. The molecule has 7 aromatic rings. The van der Waals surface area contributed by atoms with Crippen molar-refractivity contribution < 1.29 is 48.6 Å². The molecule has 0 saturated carbocycles. The standard InChI is InChI=1S/C67H78N10O10/c1-42(2)59(77-65(84)56(37-45-23-11-5-12-24-45)72-60(79)51(69)35-43-19-7-3-8-20-43)66(85)71-53(29-17-18-34-68)61(80)75-57(40-48-41-70-52-28-16-15-27-50(48)52)64(83)74-55(38-47-30-32-49(78)33-31-47)62(81)73-54(36-44-21-9-4-10-22-44)63(82)76-58(67(86)87)39-46-25-13-6-14-26-46/h3-16,19-28,30-33,41-42,51,53-59,70,78H,17-18,29,34-40,68-69H2,1-2H3,(H,71,85)(H,72,79)(H,73,81)(H,74,83)(H,75,80)(H,76,82)(H,77,84)(H,86,87)/t51-,53+,54+,55+,56+,57-,58-,59+/m1/s1. The average molecular weight is 1180 g/mol. The first kappa shape index (κ1) is 64.9. The van der Waals surface area contributed by atoms with Crippen molar-refractivity contribution in [3.05, 3.63) is 209 Å². The van der Waals surface area contributed by atoms with Crippen molar-refractivity contribution in [3.8, 4) is 5.75 Å². The summed E-state index contributed by atoms with van der Waals surface area (Å²) in [6, 6.07) is 38.8. The molecule has 0 bridgehead atoms. The number of benzene rings is 6. The molecule has 7 rings (SSSR count). The molecule has 87 heavy (non-hydrogen) atoms. The van der Waals surface area contributed by atoms with Gasteiger partial charge in [-0.3, -0.25) is 33.6 Å². The highest BCUT2D eigenvalue weighted by Gasteiger charge is 2.36. The third kappa shape index (κ3) is 20.0. The number of nitrogens with two attached hydrogens (primary N) is 2. The number of amides is 7. The van der Waals surface area contributed by atoms with E-state index in [1.807, 2.05) is 72.8 Å². The number of H-pyrrole nitrogens is 1. The summed E-state index contributed by atoms with van der Waals surface area (Å²) < 4.78 is 0. The summed E-state index contributed by atoms with van der Waals surface area (Å²) in [5.41, 5.74) is 17.0. The van der Waals surface area contributed by atoms with Gasteiger partial charge in [0.1, 0.15) is 48.0 Å². The minimum Gasteiger partial charge on any atom is -0.508 e. The lowest BCUT2D eigenvalue weighted by molar-refractivity contribution is -0.142. The van der Waals surface area contributed by atoms with Gasteiger partial charge in [0.25, 0.3) is 0 Å². The molecule has 0 aliphatic rings. The molecule has 6 aromatic carbocycles. The molecule has 7 amide bonds. The van der Waals surface area contributed by atoms with Crippen LogP contribution in [0.4, 0.5) is 0 Å². The van der Waals surface area contributed by atoms with Gasteiger partial charge in [0, 0.05) is 49.2 Å². The molecule has 1 aromatic heterocycles. The van der Waals surface area contributed by atoms with E-state index in [-0.39, 0.29) is 57.2 Å². The molecule has 0 aliphatic carbocycles. The highest BCUT2D eigenvalue weighted by atomic mass is 16.4. The Labute approximate surface area is 506 Å². The number of carboxylic acid groups (broad SMARTS) is 1. The van der Waals surface area contributed by atoms with Gasteiger partial charge in [-0.1, -0.05) is 166 Å². The summed E-state index contributed by atoms with van der Waals surface area (Å²) in [4.78, 5) is 118. The number of hydrogen-bond donors (Lipinski definition) is 12. The number of nitrogens with one attached hydrogen (secondary N) is 8. The van der Waals surface area contributed by atoms with Crippen molar-refractivity contribution in [2.45, 2.75) is 120 Å². The number of phenolic OH excluding ortho intramolecular Hbond substituents is 1. The number of para-hydroxylation sites is 1. The van der Waals surface area contributed by atoms with Crippen LogP contribution in [0.25, 0.3) is 10.9 Å². The molecule has 0 unspecified atom stereocenters. The lowest BCUT2D eigenvalue weighted by Gasteiger charge is -2.29. The van der Waals surface area contributed by atoms with Gasteiger partial charge in [-0.2, -0.15) is 0 Å². The Morgan fingerprint density at radius 2 is 0.805 bits per heavy atom. The van der Waals surface area contributed by atoms with Crippen LogP contribution in [0.1, 0.15) is 66.5 Å². The summed E-state index contributed by atoms with van der Waals surface area (Å²) >= 11 is 0. The van der Waals surface area contributed by atoms with Gasteiger partial charge in [0.2, 0.25) is 41.4 Å². The van der Waals surface area contributed by atoms with Crippen LogP contribution in [0.3, 0.4) is 0 Å². The second-order valence-corrected chi connectivity index (χ2v) is 22.0. The number of unbranched alkanes of at least 4 members (excludes halogenated alkanes) is 1. The number of rotatable bonds is 32. The Bertz CT molecular complexity index is 3390. The predicted molar refractivity (Wildman–Crippen MR) is 331 cm³/mol. The molecule has 456 valence electrons. The minimum absolute atomic E-state index is 0.0495. The quantitative estimate of drug-likeness (QED) is 0.0264. The summed E-state index contributed by atoms with van der Waals surface area (Å²) in [6.07, 6.45) is 2.47. The highest BCUT2D eigenvalue weighted by Crippen LogP contribution is 2.21. The van der Waals surface area contributed by atoms with Gasteiger partial charge in [-0.15, -0.1) is 0 Å². The zero-order valence-electron chi connectivity index (χ0n) is 48.8. The second-order valence-electron chi connectivity index (χ2n) is 22.0. The second kappa shape index (κ2) is 32.6. The van der Waals surface area contributed by atoms with Crippen LogP contribution in [-0.4, -0.2) is 117 Å². The lowest BCUT2D eigenvalue weighted by Crippen LogP contribution is -2.61. The molecular weight excluding hydrogens is 1100 g/mol. The maximum atomic E-state index is 15.1. The normalized spacial score (nSPS) is 13.9. The number of carbonyl (C=O) groups is 8. The number of aliphatic carboxylic acids is 1. The number of aromatic amines is 1. The summed E-state index contributed by atoms with van der Waals surface area (Å²) in [5.74, 6) is -7.06. The SMILES string of the molecule is CC(C)[C@H](NC(=O)[C@H](Cc1ccccc1)NC(=O)[C@H](N)Cc1ccccc1)C(=O)N[C@@H](CCCCN)C(=O)N[C@H](Cc1c[nH]c2ccccc12)C(=O)N[C@@H](Cc1ccc(O)cc1)C(=O)N[C@@H](Cc1ccccc1)C(=O)N[C@H](Cc1ccccc1)C(=O)O. The molecule has 0 spiro atoms. The largest absolute Gasteiger partial charge is 0.508 e. The van der Waals surface area contributed by atoms with E-state index >= 15 is 4.79 Å². The van der Waals surface area contributed by atoms with Crippen LogP contribution < -0.4 is 48.7 Å². The molecule has 1 heterocycles. The molecule has 0 aliphatic heterocycles. The van der Waals surface area contributed by atoms with Crippen molar-refractivity contribution in [1.29, 1.82) is 0 Å². The molecule has 14 N–H and O–H groups in total. The molecule has 8 atom stereocenters. The first-order valence-electron chi connectivity index (χ1n) is 29.2. The monoisotopic (exact) mass is 1180 g/mol. The van der Waals surface area contributed by atoms with Gasteiger partial charge in [0.15, 0.2) is 0 Å². The Morgan fingerprint density at radius 3 is 1.28 bits per heavy atom. The number of hydrogen-bond acceptors (Lipinski definition) is 11.